The number of benzene rings is 1. The SMILES string of the molecule is C=CCN(CCO)c1ccc(Cl)cc1C#N. The van der Waals surface area contributed by atoms with Crippen molar-refractivity contribution in [1.82, 2.24) is 0 Å². The molecule has 0 aliphatic rings. The van der Waals surface area contributed by atoms with Crippen molar-refractivity contribution in [3.05, 3.63) is 41.4 Å². The molecular weight excluding hydrogens is 224 g/mol. The lowest BCUT2D eigenvalue weighted by atomic mass is 10.1. The maximum atomic E-state index is 9.00. The summed E-state index contributed by atoms with van der Waals surface area (Å²) in [5, 5.41) is 18.5. The van der Waals surface area contributed by atoms with Gasteiger partial charge in [-0.05, 0) is 18.2 Å². The van der Waals surface area contributed by atoms with Gasteiger partial charge in [-0.15, -0.1) is 6.58 Å². The van der Waals surface area contributed by atoms with E-state index >= 15 is 0 Å². The van der Waals surface area contributed by atoms with Crippen molar-refractivity contribution >= 4 is 17.3 Å². The van der Waals surface area contributed by atoms with E-state index in [1.165, 1.54) is 0 Å². The average molecular weight is 237 g/mol. The molecule has 0 bridgehead atoms. The third-order valence-electron chi connectivity index (χ3n) is 2.14. The van der Waals surface area contributed by atoms with E-state index in [1.807, 2.05) is 4.90 Å². The maximum Gasteiger partial charge on any atom is 0.101 e. The molecule has 4 heteroatoms. The summed E-state index contributed by atoms with van der Waals surface area (Å²) in [5.74, 6) is 0. The van der Waals surface area contributed by atoms with Gasteiger partial charge in [0.05, 0.1) is 17.9 Å². The highest BCUT2D eigenvalue weighted by Gasteiger charge is 2.09. The summed E-state index contributed by atoms with van der Waals surface area (Å²) in [6, 6.07) is 7.21. The molecule has 0 aliphatic carbocycles. The standard InChI is InChI=1S/C12H13ClN2O/c1-2-5-15(6-7-16)12-4-3-11(13)8-10(12)9-14/h2-4,8,16H,1,5-7H2. The van der Waals surface area contributed by atoms with Crippen LogP contribution in [-0.4, -0.2) is 24.8 Å². The molecule has 0 aliphatic heterocycles. The van der Waals surface area contributed by atoms with Crippen LogP contribution >= 0.6 is 11.6 Å². The van der Waals surface area contributed by atoms with E-state index in [9.17, 15) is 0 Å². The number of hydrogen-bond donors (Lipinski definition) is 1. The summed E-state index contributed by atoms with van der Waals surface area (Å²) in [4.78, 5) is 1.88. The molecule has 1 aromatic rings. The molecule has 1 rings (SSSR count). The Bertz CT molecular complexity index is 412. The molecule has 0 aromatic heterocycles. The van der Waals surface area contributed by atoms with Gasteiger partial charge in [0.15, 0.2) is 0 Å². The van der Waals surface area contributed by atoms with Crippen molar-refractivity contribution in [1.29, 1.82) is 5.26 Å². The molecule has 0 unspecified atom stereocenters. The number of anilines is 1. The highest BCUT2D eigenvalue weighted by Crippen LogP contribution is 2.23. The minimum Gasteiger partial charge on any atom is -0.395 e. The lowest BCUT2D eigenvalue weighted by Crippen LogP contribution is -2.27. The molecular formula is C12H13ClN2O. The van der Waals surface area contributed by atoms with E-state index in [-0.39, 0.29) is 6.61 Å². The van der Waals surface area contributed by atoms with Crippen LogP contribution in [-0.2, 0) is 0 Å². The van der Waals surface area contributed by atoms with Crippen molar-refractivity contribution < 1.29 is 5.11 Å². The quantitative estimate of drug-likeness (QED) is 0.798. The number of nitriles is 1. The molecule has 0 saturated heterocycles. The van der Waals surface area contributed by atoms with E-state index in [1.54, 1.807) is 24.3 Å². The number of hydrogen-bond acceptors (Lipinski definition) is 3. The zero-order chi connectivity index (χ0) is 12.0. The molecule has 0 radical (unpaired) electrons. The van der Waals surface area contributed by atoms with Gasteiger partial charge in [0, 0.05) is 18.1 Å². The largest absolute Gasteiger partial charge is 0.395 e. The van der Waals surface area contributed by atoms with E-state index in [2.05, 4.69) is 12.6 Å². The molecule has 0 heterocycles. The Kier molecular flexibility index (Phi) is 4.84. The van der Waals surface area contributed by atoms with Crippen LogP contribution in [0.25, 0.3) is 0 Å². The number of rotatable bonds is 5. The van der Waals surface area contributed by atoms with Crippen molar-refractivity contribution in [3.63, 3.8) is 0 Å². The van der Waals surface area contributed by atoms with Crippen molar-refractivity contribution in [2.24, 2.45) is 0 Å². The van der Waals surface area contributed by atoms with Gasteiger partial charge in [0.2, 0.25) is 0 Å². The summed E-state index contributed by atoms with van der Waals surface area (Å²) in [5.41, 5.74) is 1.27. The third-order valence-corrected chi connectivity index (χ3v) is 2.37. The first kappa shape index (κ1) is 12.6. The molecule has 0 atom stereocenters. The lowest BCUT2D eigenvalue weighted by molar-refractivity contribution is 0.303. The first-order valence-corrected chi connectivity index (χ1v) is 5.27. The number of aliphatic hydroxyl groups is 1. The molecule has 1 N–H and O–H groups in total. The fourth-order valence-electron chi connectivity index (χ4n) is 1.46. The summed E-state index contributed by atoms with van der Waals surface area (Å²) >= 11 is 5.82. The molecule has 0 saturated carbocycles. The topological polar surface area (TPSA) is 47.3 Å². The van der Waals surface area contributed by atoms with Crippen LogP contribution in [0.4, 0.5) is 5.69 Å². The van der Waals surface area contributed by atoms with Crippen molar-refractivity contribution in [2.75, 3.05) is 24.6 Å². The van der Waals surface area contributed by atoms with Gasteiger partial charge in [-0.3, -0.25) is 0 Å². The zero-order valence-corrected chi connectivity index (χ0v) is 9.61. The first-order chi connectivity index (χ1) is 7.72. The predicted molar refractivity (Wildman–Crippen MR) is 65.7 cm³/mol. The summed E-state index contributed by atoms with van der Waals surface area (Å²) in [6.45, 7) is 4.72. The Morgan fingerprint density at radius 2 is 2.31 bits per heavy atom. The monoisotopic (exact) mass is 236 g/mol. The average Bonchev–Trinajstić information content (AvgIpc) is 2.28. The van der Waals surface area contributed by atoms with Gasteiger partial charge in [0.1, 0.15) is 6.07 Å². The highest BCUT2D eigenvalue weighted by atomic mass is 35.5. The van der Waals surface area contributed by atoms with E-state index < -0.39 is 0 Å². The molecule has 84 valence electrons. The molecule has 16 heavy (non-hydrogen) atoms. The van der Waals surface area contributed by atoms with Gasteiger partial charge in [-0.1, -0.05) is 17.7 Å². The van der Waals surface area contributed by atoms with Crippen LogP contribution < -0.4 is 4.90 Å². The van der Waals surface area contributed by atoms with Crippen LogP contribution in [0.2, 0.25) is 5.02 Å². The maximum absolute atomic E-state index is 9.00. The second-order valence-electron chi connectivity index (χ2n) is 3.23. The Labute approximate surface area is 100 Å². The molecule has 0 amide bonds. The van der Waals surface area contributed by atoms with Crippen molar-refractivity contribution in [2.45, 2.75) is 0 Å². The van der Waals surface area contributed by atoms with Gasteiger partial charge in [-0.25, -0.2) is 0 Å². The van der Waals surface area contributed by atoms with E-state index in [0.717, 1.165) is 5.69 Å². The van der Waals surface area contributed by atoms with E-state index in [0.29, 0.717) is 23.7 Å². The van der Waals surface area contributed by atoms with Crippen molar-refractivity contribution in [3.8, 4) is 6.07 Å². The number of halogens is 1. The first-order valence-electron chi connectivity index (χ1n) is 4.89. The Morgan fingerprint density at radius 3 is 2.88 bits per heavy atom. The van der Waals surface area contributed by atoms with Gasteiger partial charge in [-0.2, -0.15) is 5.26 Å². The van der Waals surface area contributed by atoms with E-state index in [4.69, 9.17) is 22.0 Å². The number of aliphatic hydroxyl groups excluding tert-OH is 1. The fraction of sp³-hybridized carbons (Fsp3) is 0.250. The van der Waals surface area contributed by atoms with Crippen LogP contribution in [0.5, 0.6) is 0 Å². The molecule has 1 aromatic carbocycles. The summed E-state index contributed by atoms with van der Waals surface area (Å²) in [7, 11) is 0. The Balaban J connectivity index is 3.08. The van der Waals surface area contributed by atoms with Gasteiger partial charge in [0.25, 0.3) is 0 Å². The van der Waals surface area contributed by atoms with Crippen LogP contribution in [0.3, 0.4) is 0 Å². The molecule has 0 fully saturated rings. The minimum atomic E-state index is 0.0291. The predicted octanol–water partition coefficient (Wildman–Crippen LogP) is 2.20. The normalized spacial score (nSPS) is 9.56. The summed E-state index contributed by atoms with van der Waals surface area (Å²) < 4.78 is 0. The molecule has 0 spiro atoms. The fourth-order valence-corrected chi connectivity index (χ4v) is 1.63. The second kappa shape index (κ2) is 6.16. The van der Waals surface area contributed by atoms with Gasteiger partial charge < -0.3 is 10.0 Å². The second-order valence-corrected chi connectivity index (χ2v) is 3.67. The smallest absolute Gasteiger partial charge is 0.101 e. The summed E-state index contributed by atoms with van der Waals surface area (Å²) in [6.07, 6.45) is 1.73. The Hall–Kier alpha value is -1.50. The number of nitrogens with zero attached hydrogens (tertiary/aromatic N) is 2. The minimum absolute atomic E-state index is 0.0291. The van der Waals surface area contributed by atoms with Crippen LogP contribution in [0.15, 0.2) is 30.9 Å². The van der Waals surface area contributed by atoms with Gasteiger partial charge >= 0.3 is 0 Å². The van der Waals surface area contributed by atoms with Crippen LogP contribution in [0.1, 0.15) is 5.56 Å². The molecule has 3 nitrogen and oxygen atoms in total. The highest BCUT2D eigenvalue weighted by molar-refractivity contribution is 6.30. The zero-order valence-electron chi connectivity index (χ0n) is 8.86. The third kappa shape index (κ3) is 2.99. The Morgan fingerprint density at radius 1 is 1.56 bits per heavy atom. The lowest BCUT2D eigenvalue weighted by Gasteiger charge is -2.23. The van der Waals surface area contributed by atoms with Crippen LogP contribution in [0, 0.1) is 11.3 Å².